The molecule has 1 rings (SSSR count). The lowest BCUT2D eigenvalue weighted by Gasteiger charge is -2.42. The molecule has 0 atom stereocenters. The fraction of sp³-hybridized carbons (Fsp3) is 0.909. The highest BCUT2D eigenvalue weighted by molar-refractivity contribution is 5.66. The average Bonchev–Trinajstić information content (AvgIpc) is 2.13. The van der Waals surface area contributed by atoms with Crippen molar-refractivity contribution in [3.63, 3.8) is 0 Å². The lowest BCUT2D eigenvalue weighted by molar-refractivity contribution is -0.137. The molecule has 1 fully saturated rings. The van der Waals surface area contributed by atoms with E-state index in [-0.39, 0.29) is 6.42 Å². The Morgan fingerprint density at radius 3 is 2.60 bits per heavy atom. The van der Waals surface area contributed by atoms with Crippen LogP contribution in [0, 0.1) is 0 Å². The minimum absolute atomic E-state index is 0.240. The van der Waals surface area contributed by atoms with Crippen molar-refractivity contribution in [1.82, 2.24) is 4.90 Å². The molecule has 1 aliphatic rings. The Hall–Kier alpha value is -0.610. The molecule has 0 amide bonds. The topological polar surface area (TPSA) is 49.8 Å². The smallest absolute Gasteiger partial charge is 0.304 e. The summed E-state index contributed by atoms with van der Waals surface area (Å²) in [4.78, 5) is 12.7. The van der Waals surface area contributed by atoms with Gasteiger partial charge in [0, 0.05) is 19.2 Å². The molecule has 0 aromatic heterocycles. The van der Waals surface area contributed by atoms with Gasteiger partial charge in [-0.05, 0) is 26.3 Å². The summed E-state index contributed by atoms with van der Waals surface area (Å²) in [5.41, 5.74) is 0. The number of aliphatic carboxylic acids is 1. The van der Waals surface area contributed by atoms with Crippen LogP contribution in [0.3, 0.4) is 0 Å². The molecule has 1 saturated carbocycles. The molecule has 0 bridgehead atoms. The molecule has 0 radical (unpaired) electrons. The van der Waals surface area contributed by atoms with Crippen molar-refractivity contribution < 1.29 is 14.6 Å². The highest BCUT2D eigenvalue weighted by Crippen LogP contribution is 2.28. The summed E-state index contributed by atoms with van der Waals surface area (Å²) in [6, 6.07) is 0.533. The van der Waals surface area contributed by atoms with Gasteiger partial charge in [0.2, 0.25) is 0 Å². The fourth-order valence-electron chi connectivity index (χ4n) is 2.05. The maximum Gasteiger partial charge on any atom is 0.304 e. The van der Waals surface area contributed by atoms with Gasteiger partial charge in [-0.1, -0.05) is 6.92 Å². The second kappa shape index (κ2) is 6.08. The van der Waals surface area contributed by atoms with E-state index in [0.717, 1.165) is 26.0 Å². The third-order valence-corrected chi connectivity index (χ3v) is 3.01. The van der Waals surface area contributed by atoms with E-state index < -0.39 is 5.97 Å². The maximum absolute atomic E-state index is 10.5. The fourth-order valence-corrected chi connectivity index (χ4v) is 2.05. The summed E-state index contributed by atoms with van der Waals surface area (Å²) < 4.78 is 5.49. The molecule has 0 unspecified atom stereocenters. The van der Waals surface area contributed by atoms with Gasteiger partial charge in [-0.25, -0.2) is 0 Å². The predicted molar refractivity (Wildman–Crippen MR) is 57.9 cm³/mol. The van der Waals surface area contributed by atoms with Gasteiger partial charge in [0.05, 0.1) is 12.5 Å². The van der Waals surface area contributed by atoms with E-state index in [1.807, 2.05) is 6.92 Å². The number of ether oxygens (including phenoxy) is 1. The Morgan fingerprint density at radius 2 is 2.13 bits per heavy atom. The third-order valence-electron chi connectivity index (χ3n) is 3.01. The van der Waals surface area contributed by atoms with Crippen molar-refractivity contribution in [1.29, 1.82) is 0 Å². The molecule has 4 heteroatoms. The Labute approximate surface area is 91.2 Å². The van der Waals surface area contributed by atoms with Crippen molar-refractivity contribution in [2.75, 3.05) is 19.7 Å². The van der Waals surface area contributed by atoms with Crippen LogP contribution in [0.15, 0.2) is 0 Å². The van der Waals surface area contributed by atoms with Crippen molar-refractivity contribution in [3.8, 4) is 0 Å². The van der Waals surface area contributed by atoms with Crippen LogP contribution in [-0.2, 0) is 9.53 Å². The normalized spacial score (nSPS) is 25.3. The quantitative estimate of drug-likeness (QED) is 0.696. The molecule has 0 saturated heterocycles. The number of carbonyl (C=O) groups is 1. The first-order chi connectivity index (χ1) is 7.17. The van der Waals surface area contributed by atoms with Crippen LogP contribution in [0.4, 0.5) is 0 Å². The first kappa shape index (κ1) is 12.5. The minimum Gasteiger partial charge on any atom is -0.481 e. The molecule has 4 nitrogen and oxygen atoms in total. The Balaban J connectivity index is 2.20. The molecule has 0 heterocycles. The van der Waals surface area contributed by atoms with E-state index in [4.69, 9.17) is 9.84 Å². The SMILES string of the molecule is CCOC1CC(N(CC)CCC(=O)O)C1. The maximum atomic E-state index is 10.5. The van der Waals surface area contributed by atoms with E-state index in [0.29, 0.717) is 18.7 Å². The van der Waals surface area contributed by atoms with Gasteiger partial charge in [-0.15, -0.1) is 0 Å². The van der Waals surface area contributed by atoms with Gasteiger partial charge >= 0.3 is 5.97 Å². The predicted octanol–water partition coefficient (Wildman–Crippen LogP) is 1.35. The van der Waals surface area contributed by atoms with Crippen LogP contribution in [-0.4, -0.2) is 47.8 Å². The monoisotopic (exact) mass is 215 g/mol. The van der Waals surface area contributed by atoms with Crippen LogP contribution in [0.5, 0.6) is 0 Å². The summed E-state index contributed by atoms with van der Waals surface area (Å²) in [6.07, 6.45) is 2.76. The van der Waals surface area contributed by atoms with Crippen LogP contribution in [0.2, 0.25) is 0 Å². The Bertz CT molecular complexity index is 202. The summed E-state index contributed by atoms with van der Waals surface area (Å²) in [6.45, 7) is 6.45. The van der Waals surface area contributed by atoms with Crippen molar-refractivity contribution >= 4 is 5.97 Å². The van der Waals surface area contributed by atoms with Crippen molar-refractivity contribution in [3.05, 3.63) is 0 Å². The number of nitrogens with zero attached hydrogens (tertiary/aromatic N) is 1. The summed E-state index contributed by atoms with van der Waals surface area (Å²) in [5.74, 6) is -0.714. The van der Waals surface area contributed by atoms with E-state index in [1.165, 1.54) is 0 Å². The van der Waals surface area contributed by atoms with Crippen molar-refractivity contribution in [2.45, 2.75) is 45.3 Å². The number of hydrogen-bond donors (Lipinski definition) is 1. The van der Waals surface area contributed by atoms with Gasteiger partial charge in [-0.3, -0.25) is 9.69 Å². The highest BCUT2D eigenvalue weighted by Gasteiger charge is 2.33. The van der Waals surface area contributed by atoms with Gasteiger partial charge in [0.15, 0.2) is 0 Å². The molecule has 0 aliphatic heterocycles. The zero-order valence-corrected chi connectivity index (χ0v) is 9.61. The number of rotatable bonds is 7. The van der Waals surface area contributed by atoms with E-state index in [9.17, 15) is 4.79 Å². The number of carboxylic acid groups (broad SMARTS) is 1. The van der Waals surface area contributed by atoms with Crippen LogP contribution < -0.4 is 0 Å². The number of carboxylic acids is 1. The van der Waals surface area contributed by atoms with Gasteiger partial charge in [0.1, 0.15) is 0 Å². The molecule has 15 heavy (non-hydrogen) atoms. The zero-order valence-electron chi connectivity index (χ0n) is 9.61. The molecule has 0 aromatic carbocycles. The summed E-state index contributed by atoms with van der Waals surface area (Å²) in [5, 5.41) is 8.62. The lowest BCUT2D eigenvalue weighted by Crippen LogP contribution is -2.48. The van der Waals surface area contributed by atoms with Gasteiger partial charge < -0.3 is 9.84 Å². The van der Waals surface area contributed by atoms with Gasteiger partial charge in [0.25, 0.3) is 0 Å². The summed E-state index contributed by atoms with van der Waals surface area (Å²) >= 11 is 0. The Kier molecular flexibility index (Phi) is 5.05. The lowest BCUT2D eigenvalue weighted by atomic mass is 9.87. The molecule has 1 N–H and O–H groups in total. The van der Waals surface area contributed by atoms with Gasteiger partial charge in [-0.2, -0.15) is 0 Å². The van der Waals surface area contributed by atoms with E-state index in [1.54, 1.807) is 0 Å². The highest BCUT2D eigenvalue weighted by atomic mass is 16.5. The Morgan fingerprint density at radius 1 is 1.47 bits per heavy atom. The second-order valence-electron chi connectivity index (χ2n) is 3.97. The van der Waals surface area contributed by atoms with E-state index in [2.05, 4.69) is 11.8 Å². The third kappa shape index (κ3) is 3.80. The molecular formula is C11H21NO3. The first-order valence-electron chi connectivity index (χ1n) is 5.74. The second-order valence-corrected chi connectivity index (χ2v) is 3.97. The molecular weight excluding hydrogens is 194 g/mol. The standard InChI is InChI=1S/C11H21NO3/c1-3-12(6-5-11(13)14)9-7-10(8-9)15-4-2/h9-10H,3-8H2,1-2H3,(H,13,14). The first-order valence-corrected chi connectivity index (χ1v) is 5.74. The van der Waals surface area contributed by atoms with Crippen LogP contribution >= 0.6 is 0 Å². The molecule has 0 spiro atoms. The summed E-state index contributed by atoms with van der Waals surface area (Å²) in [7, 11) is 0. The molecule has 0 aromatic rings. The largest absolute Gasteiger partial charge is 0.481 e. The van der Waals surface area contributed by atoms with E-state index >= 15 is 0 Å². The van der Waals surface area contributed by atoms with Crippen LogP contribution in [0.1, 0.15) is 33.1 Å². The molecule has 88 valence electrons. The van der Waals surface area contributed by atoms with Crippen molar-refractivity contribution in [2.24, 2.45) is 0 Å². The number of hydrogen-bond acceptors (Lipinski definition) is 3. The molecule has 1 aliphatic carbocycles. The van der Waals surface area contributed by atoms with Crippen LogP contribution in [0.25, 0.3) is 0 Å². The minimum atomic E-state index is -0.714. The zero-order chi connectivity index (χ0) is 11.3. The average molecular weight is 215 g/mol.